The number of carbonyl (C=O) groups is 2. The van der Waals surface area contributed by atoms with E-state index in [0.717, 1.165) is 6.26 Å². The Bertz CT molecular complexity index is 612. The third-order valence-electron chi connectivity index (χ3n) is 2.63. The number of hydrogen-bond donors (Lipinski definition) is 2. The topological polar surface area (TPSA) is 113 Å². The van der Waals surface area contributed by atoms with Crippen LogP contribution in [-0.2, 0) is 14.6 Å². The van der Waals surface area contributed by atoms with Crippen LogP contribution in [0.25, 0.3) is 0 Å². The summed E-state index contributed by atoms with van der Waals surface area (Å²) in [5.74, 6) is -2.17. The molecule has 1 atom stereocenters. The summed E-state index contributed by atoms with van der Waals surface area (Å²) < 4.78 is 22.1. The molecule has 0 aliphatic rings. The number of hydrogen-bond acceptors (Lipinski definition) is 5. The van der Waals surface area contributed by atoms with Gasteiger partial charge in [-0.25, -0.2) is 13.2 Å². The third kappa shape index (κ3) is 4.96. The van der Waals surface area contributed by atoms with Gasteiger partial charge in [0.05, 0.1) is 11.3 Å². The third-order valence-corrected chi connectivity index (χ3v) is 3.61. The number of aliphatic carboxylic acids is 1. The van der Waals surface area contributed by atoms with Gasteiger partial charge >= 0.3 is 5.97 Å². The first-order valence-corrected chi connectivity index (χ1v) is 7.90. The van der Waals surface area contributed by atoms with E-state index in [1.54, 1.807) is 13.0 Å². The molecule has 1 rings (SSSR count). The molecule has 0 spiro atoms. The molecule has 1 unspecified atom stereocenters. The number of pyridine rings is 1. The maximum Gasteiger partial charge on any atom is 0.326 e. The van der Waals surface area contributed by atoms with Gasteiger partial charge in [-0.15, -0.1) is 0 Å². The van der Waals surface area contributed by atoms with Crippen molar-refractivity contribution in [1.29, 1.82) is 0 Å². The first-order chi connectivity index (χ1) is 9.20. The number of nitrogens with zero attached hydrogens (tertiary/aromatic N) is 1. The van der Waals surface area contributed by atoms with Crippen LogP contribution in [0.15, 0.2) is 18.3 Å². The molecule has 0 fully saturated rings. The van der Waals surface area contributed by atoms with Crippen molar-refractivity contribution in [2.45, 2.75) is 19.4 Å². The molecule has 0 saturated carbocycles. The van der Waals surface area contributed by atoms with E-state index in [-0.39, 0.29) is 17.7 Å². The quantitative estimate of drug-likeness (QED) is 0.765. The number of sulfone groups is 1. The molecular formula is C12H16N2O5S. The molecule has 0 aliphatic heterocycles. The average Bonchev–Trinajstić information content (AvgIpc) is 2.33. The lowest BCUT2D eigenvalue weighted by Crippen LogP contribution is -2.42. The largest absolute Gasteiger partial charge is 0.480 e. The molecule has 0 aliphatic carbocycles. The lowest BCUT2D eigenvalue weighted by molar-refractivity contribution is -0.139. The predicted molar refractivity (Wildman–Crippen MR) is 72.2 cm³/mol. The Hall–Kier alpha value is -1.96. The van der Waals surface area contributed by atoms with Crippen LogP contribution in [0.3, 0.4) is 0 Å². The molecule has 1 aromatic heterocycles. The molecule has 2 N–H and O–H groups in total. The summed E-state index contributed by atoms with van der Waals surface area (Å²) in [6, 6.07) is 1.83. The van der Waals surface area contributed by atoms with Gasteiger partial charge in [0, 0.05) is 18.1 Å². The van der Waals surface area contributed by atoms with Gasteiger partial charge in [0.15, 0.2) is 0 Å². The van der Waals surface area contributed by atoms with Crippen molar-refractivity contribution in [2.75, 3.05) is 12.0 Å². The van der Waals surface area contributed by atoms with Crippen LogP contribution in [-0.4, -0.2) is 48.4 Å². The Labute approximate surface area is 116 Å². The highest BCUT2D eigenvalue weighted by Gasteiger charge is 2.22. The average molecular weight is 300 g/mol. The molecule has 20 heavy (non-hydrogen) atoms. The van der Waals surface area contributed by atoms with Crippen LogP contribution < -0.4 is 5.32 Å². The molecule has 1 aromatic rings. The van der Waals surface area contributed by atoms with E-state index in [4.69, 9.17) is 5.11 Å². The van der Waals surface area contributed by atoms with Crippen LogP contribution in [0, 0.1) is 6.92 Å². The second-order valence-corrected chi connectivity index (χ2v) is 6.68. The number of aromatic nitrogens is 1. The fourth-order valence-electron chi connectivity index (χ4n) is 1.55. The van der Waals surface area contributed by atoms with Gasteiger partial charge in [-0.3, -0.25) is 9.78 Å². The SMILES string of the molecule is Cc1ncccc1C(=O)NC(CCS(C)(=O)=O)C(=O)O. The Morgan fingerprint density at radius 1 is 1.45 bits per heavy atom. The van der Waals surface area contributed by atoms with Crippen LogP contribution in [0.5, 0.6) is 0 Å². The number of carboxylic acid groups (broad SMARTS) is 1. The molecule has 0 radical (unpaired) electrons. The number of carboxylic acids is 1. The number of amides is 1. The van der Waals surface area contributed by atoms with E-state index in [9.17, 15) is 18.0 Å². The van der Waals surface area contributed by atoms with Crippen LogP contribution in [0.1, 0.15) is 22.5 Å². The standard InChI is InChI=1S/C12H16N2O5S/c1-8-9(4-3-6-13-8)11(15)14-10(12(16)17)5-7-20(2,18)19/h3-4,6,10H,5,7H2,1-2H3,(H,14,15)(H,16,17). The highest BCUT2D eigenvalue weighted by molar-refractivity contribution is 7.90. The van der Waals surface area contributed by atoms with E-state index >= 15 is 0 Å². The van der Waals surface area contributed by atoms with Gasteiger partial charge in [-0.05, 0) is 25.5 Å². The van der Waals surface area contributed by atoms with Gasteiger partial charge in [0.1, 0.15) is 15.9 Å². The molecule has 0 aromatic carbocycles. The van der Waals surface area contributed by atoms with Crippen molar-refractivity contribution in [1.82, 2.24) is 10.3 Å². The van der Waals surface area contributed by atoms with Crippen molar-refractivity contribution in [3.63, 3.8) is 0 Å². The van der Waals surface area contributed by atoms with Gasteiger partial charge in [-0.2, -0.15) is 0 Å². The predicted octanol–water partition coefficient (Wildman–Crippen LogP) is 0.00772. The minimum atomic E-state index is -3.29. The molecule has 110 valence electrons. The maximum atomic E-state index is 11.9. The van der Waals surface area contributed by atoms with Crippen LogP contribution in [0.2, 0.25) is 0 Å². The molecule has 0 bridgehead atoms. The van der Waals surface area contributed by atoms with E-state index in [1.165, 1.54) is 12.3 Å². The molecule has 7 nitrogen and oxygen atoms in total. The summed E-state index contributed by atoms with van der Waals surface area (Å²) in [5.41, 5.74) is 0.732. The van der Waals surface area contributed by atoms with Crippen molar-refractivity contribution in [2.24, 2.45) is 0 Å². The van der Waals surface area contributed by atoms with Crippen molar-refractivity contribution >= 4 is 21.7 Å². The smallest absolute Gasteiger partial charge is 0.326 e. The van der Waals surface area contributed by atoms with E-state index in [1.807, 2.05) is 0 Å². The molecule has 1 amide bonds. The van der Waals surface area contributed by atoms with Gasteiger partial charge in [-0.1, -0.05) is 0 Å². The summed E-state index contributed by atoms with van der Waals surface area (Å²) >= 11 is 0. The number of aryl methyl sites for hydroxylation is 1. The minimum absolute atomic E-state index is 0.181. The lowest BCUT2D eigenvalue weighted by atomic mass is 10.1. The Balaban J connectivity index is 2.79. The summed E-state index contributed by atoms with van der Waals surface area (Å²) in [4.78, 5) is 26.9. The highest BCUT2D eigenvalue weighted by Crippen LogP contribution is 2.05. The van der Waals surface area contributed by atoms with Gasteiger partial charge in [0.25, 0.3) is 5.91 Å². The molecular weight excluding hydrogens is 284 g/mol. The van der Waals surface area contributed by atoms with Gasteiger partial charge < -0.3 is 10.4 Å². The number of carbonyl (C=O) groups excluding carboxylic acids is 1. The Kier molecular flexibility index (Phi) is 5.20. The van der Waals surface area contributed by atoms with E-state index in [2.05, 4.69) is 10.3 Å². The Morgan fingerprint density at radius 2 is 2.10 bits per heavy atom. The summed E-state index contributed by atoms with van der Waals surface area (Å²) in [7, 11) is -3.29. The lowest BCUT2D eigenvalue weighted by Gasteiger charge is -2.14. The zero-order chi connectivity index (χ0) is 15.3. The maximum absolute atomic E-state index is 11.9. The fraction of sp³-hybridized carbons (Fsp3) is 0.417. The van der Waals surface area contributed by atoms with Gasteiger partial charge in [0.2, 0.25) is 0 Å². The minimum Gasteiger partial charge on any atom is -0.480 e. The summed E-state index contributed by atoms with van der Waals surface area (Å²) in [6.07, 6.45) is 2.35. The first kappa shape index (κ1) is 16.1. The van der Waals surface area contributed by atoms with Crippen molar-refractivity contribution in [3.8, 4) is 0 Å². The highest BCUT2D eigenvalue weighted by atomic mass is 32.2. The molecule has 1 heterocycles. The summed E-state index contributed by atoms with van der Waals surface area (Å²) in [6.45, 7) is 1.63. The van der Waals surface area contributed by atoms with E-state index in [0.29, 0.717) is 5.69 Å². The second kappa shape index (κ2) is 6.47. The summed E-state index contributed by atoms with van der Waals surface area (Å²) in [5, 5.41) is 11.3. The normalized spacial score (nSPS) is 12.7. The van der Waals surface area contributed by atoms with E-state index < -0.39 is 27.8 Å². The Morgan fingerprint density at radius 3 is 2.60 bits per heavy atom. The fourth-order valence-corrected chi connectivity index (χ4v) is 2.21. The van der Waals surface area contributed by atoms with Crippen LogP contribution >= 0.6 is 0 Å². The van der Waals surface area contributed by atoms with Crippen molar-refractivity contribution < 1.29 is 23.1 Å². The monoisotopic (exact) mass is 300 g/mol. The zero-order valence-corrected chi connectivity index (χ0v) is 12.0. The van der Waals surface area contributed by atoms with Crippen molar-refractivity contribution in [3.05, 3.63) is 29.6 Å². The number of nitrogens with one attached hydrogen (secondary N) is 1. The second-order valence-electron chi connectivity index (χ2n) is 4.42. The van der Waals surface area contributed by atoms with Crippen LogP contribution in [0.4, 0.5) is 0 Å². The first-order valence-electron chi connectivity index (χ1n) is 5.83. The number of rotatable bonds is 6. The molecule has 0 saturated heterocycles. The zero-order valence-electron chi connectivity index (χ0n) is 11.2. The molecule has 8 heteroatoms.